The fraction of sp³-hybridized carbons (Fsp3) is 0.391. The molecule has 3 aliphatic rings. The highest BCUT2D eigenvalue weighted by molar-refractivity contribution is 8.15. The number of benzene rings is 2. The molecule has 1 N–H and O–H groups in total. The topological polar surface area (TPSA) is 53.9 Å². The molecule has 162 valence electrons. The van der Waals surface area contributed by atoms with Crippen molar-refractivity contribution in [1.29, 1.82) is 0 Å². The van der Waals surface area contributed by atoms with Crippen LogP contribution in [0.2, 0.25) is 0 Å². The fourth-order valence-corrected chi connectivity index (χ4v) is 5.93. The second kappa shape index (κ2) is 8.24. The van der Waals surface area contributed by atoms with Gasteiger partial charge < -0.3 is 10.1 Å². The number of hydrogen-bond acceptors (Lipinski definition) is 5. The van der Waals surface area contributed by atoms with E-state index < -0.39 is 16.5 Å². The van der Waals surface area contributed by atoms with Crippen LogP contribution in [-0.4, -0.2) is 35.7 Å². The van der Waals surface area contributed by atoms with Gasteiger partial charge in [0.15, 0.2) is 0 Å². The van der Waals surface area contributed by atoms with Crippen LogP contribution in [-0.2, 0) is 9.67 Å². The first-order chi connectivity index (χ1) is 15.1. The van der Waals surface area contributed by atoms with Crippen molar-refractivity contribution in [3.8, 4) is 5.75 Å². The zero-order valence-corrected chi connectivity index (χ0v) is 17.8. The molecular formula is C23H23F2N3O2S. The number of amides is 1. The van der Waals surface area contributed by atoms with Crippen molar-refractivity contribution in [2.24, 2.45) is 11.0 Å². The molecule has 5 rings (SSSR count). The lowest BCUT2D eigenvalue weighted by atomic mass is 9.94. The lowest BCUT2D eigenvalue weighted by molar-refractivity contribution is -0.136. The molecule has 5 nitrogen and oxygen atoms in total. The number of para-hydroxylation sites is 1. The summed E-state index contributed by atoms with van der Waals surface area (Å²) in [5, 5.41) is 9.74. The molecule has 0 aliphatic carbocycles. The number of ether oxygens (including phenoxy) is 1. The molecule has 2 aromatic rings. The molecule has 0 saturated carbocycles. The summed E-state index contributed by atoms with van der Waals surface area (Å²) >= 11 is 1.30. The first-order valence-corrected chi connectivity index (χ1v) is 11.4. The molecule has 2 atom stereocenters. The van der Waals surface area contributed by atoms with Gasteiger partial charge in [0, 0.05) is 24.0 Å². The lowest BCUT2D eigenvalue weighted by Gasteiger charge is -2.40. The van der Waals surface area contributed by atoms with Crippen LogP contribution in [0.3, 0.4) is 0 Å². The van der Waals surface area contributed by atoms with E-state index in [1.165, 1.54) is 16.8 Å². The van der Waals surface area contributed by atoms with Crippen molar-refractivity contribution in [2.45, 2.75) is 30.6 Å². The molecule has 31 heavy (non-hydrogen) atoms. The number of nitrogens with zero attached hydrogens (tertiary/aromatic N) is 2. The molecule has 1 saturated heterocycles. The van der Waals surface area contributed by atoms with E-state index in [2.05, 4.69) is 10.4 Å². The molecule has 2 unspecified atom stereocenters. The number of carbonyl (C=O) groups is 1. The maximum Gasteiger partial charge on any atom is 0.244 e. The summed E-state index contributed by atoms with van der Waals surface area (Å²) in [6.07, 6.45) is 2.90. The van der Waals surface area contributed by atoms with Crippen molar-refractivity contribution >= 4 is 22.7 Å². The molecule has 0 radical (unpaired) electrons. The number of carbonyl (C=O) groups excluding carboxylic acids is 1. The van der Waals surface area contributed by atoms with E-state index in [1.807, 2.05) is 24.3 Å². The number of fused-ring (bicyclic) bond motifs is 2. The third-order valence-corrected chi connectivity index (χ3v) is 7.49. The zero-order chi connectivity index (χ0) is 21.4. The number of halogens is 2. The van der Waals surface area contributed by atoms with E-state index in [1.54, 1.807) is 0 Å². The van der Waals surface area contributed by atoms with Crippen molar-refractivity contribution in [3.63, 3.8) is 0 Å². The second-order valence-corrected chi connectivity index (χ2v) is 9.40. The van der Waals surface area contributed by atoms with Gasteiger partial charge in [-0.3, -0.25) is 4.79 Å². The number of hydrogen-bond donors (Lipinski definition) is 1. The fourth-order valence-electron chi connectivity index (χ4n) is 4.53. The van der Waals surface area contributed by atoms with Crippen LogP contribution in [0.15, 0.2) is 47.6 Å². The Kier molecular flexibility index (Phi) is 5.44. The smallest absolute Gasteiger partial charge is 0.244 e. The van der Waals surface area contributed by atoms with Gasteiger partial charge in [0.1, 0.15) is 27.3 Å². The lowest BCUT2D eigenvalue weighted by Crippen LogP contribution is -2.45. The highest BCUT2D eigenvalue weighted by Crippen LogP contribution is 2.54. The standard InChI is InChI=1S/C23H23F2N3O2S/c24-16-7-8-19(25)17(13-16)22-27-28(21(29)12-15-4-3-10-26-14-15)23(31-22)9-11-30-20-6-2-1-5-18(20)23/h1-2,5-8,13,15,26H,3-4,9-12,14H2. The van der Waals surface area contributed by atoms with Crippen molar-refractivity contribution in [1.82, 2.24) is 10.3 Å². The van der Waals surface area contributed by atoms with Crippen LogP contribution in [0.25, 0.3) is 0 Å². The van der Waals surface area contributed by atoms with E-state index in [9.17, 15) is 13.6 Å². The molecule has 1 fully saturated rings. The number of rotatable bonds is 3. The first-order valence-electron chi connectivity index (χ1n) is 10.6. The number of thioether (sulfide) groups is 1. The zero-order valence-electron chi connectivity index (χ0n) is 16.9. The first kappa shape index (κ1) is 20.5. The highest BCUT2D eigenvalue weighted by Gasteiger charge is 2.52. The Balaban J connectivity index is 1.55. The average molecular weight is 444 g/mol. The molecule has 8 heteroatoms. The summed E-state index contributed by atoms with van der Waals surface area (Å²) in [6.45, 7) is 2.18. The van der Waals surface area contributed by atoms with Crippen LogP contribution < -0.4 is 10.1 Å². The molecular weight excluding hydrogens is 420 g/mol. The molecule has 1 spiro atoms. The Morgan fingerprint density at radius 2 is 2.16 bits per heavy atom. The predicted molar refractivity (Wildman–Crippen MR) is 116 cm³/mol. The Morgan fingerprint density at radius 1 is 1.29 bits per heavy atom. The number of nitrogens with one attached hydrogen (secondary N) is 1. The minimum atomic E-state index is -0.831. The molecule has 1 amide bonds. The van der Waals surface area contributed by atoms with Crippen molar-refractivity contribution in [2.75, 3.05) is 19.7 Å². The van der Waals surface area contributed by atoms with Gasteiger partial charge in [-0.1, -0.05) is 30.0 Å². The third kappa shape index (κ3) is 3.72. The van der Waals surface area contributed by atoms with Crippen molar-refractivity contribution in [3.05, 3.63) is 65.2 Å². The minimum absolute atomic E-state index is 0.0722. The normalized spacial score (nSPS) is 25.2. The van der Waals surface area contributed by atoms with Crippen LogP contribution in [0.4, 0.5) is 8.78 Å². The van der Waals surface area contributed by atoms with Crippen molar-refractivity contribution < 1.29 is 18.3 Å². The summed E-state index contributed by atoms with van der Waals surface area (Å²) in [5.74, 6) is -0.282. The summed E-state index contributed by atoms with van der Waals surface area (Å²) in [7, 11) is 0. The Bertz CT molecular complexity index is 1040. The molecule has 3 heterocycles. The molecule has 3 aliphatic heterocycles. The molecule has 2 aromatic carbocycles. The van der Waals surface area contributed by atoms with Gasteiger partial charge in [-0.2, -0.15) is 5.10 Å². The van der Waals surface area contributed by atoms with Gasteiger partial charge in [0.25, 0.3) is 0 Å². The van der Waals surface area contributed by atoms with Gasteiger partial charge in [-0.25, -0.2) is 13.8 Å². The number of hydrazone groups is 1. The maximum absolute atomic E-state index is 14.6. The predicted octanol–water partition coefficient (Wildman–Crippen LogP) is 4.23. The Labute approximate surface area is 183 Å². The largest absolute Gasteiger partial charge is 0.493 e. The van der Waals surface area contributed by atoms with Crippen LogP contribution in [0.1, 0.15) is 36.8 Å². The van der Waals surface area contributed by atoms with Crippen LogP contribution in [0.5, 0.6) is 5.75 Å². The second-order valence-electron chi connectivity index (χ2n) is 8.13. The average Bonchev–Trinajstić information content (AvgIpc) is 3.16. The quantitative estimate of drug-likeness (QED) is 0.772. The summed E-state index contributed by atoms with van der Waals surface area (Å²) in [4.78, 5) is 12.7. The Hall–Kier alpha value is -2.45. The Morgan fingerprint density at radius 3 is 3.00 bits per heavy atom. The van der Waals surface area contributed by atoms with Crippen LogP contribution >= 0.6 is 11.8 Å². The monoisotopic (exact) mass is 443 g/mol. The van der Waals surface area contributed by atoms with Gasteiger partial charge in [-0.15, -0.1) is 0 Å². The van der Waals surface area contributed by atoms with E-state index in [0.29, 0.717) is 30.2 Å². The minimum Gasteiger partial charge on any atom is -0.493 e. The van der Waals surface area contributed by atoms with E-state index in [4.69, 9.17) is 4.74 Å². The molecule has 0 aromatic heterocycles. The maximum atomic E-state index is 14.6. The summed E-state index contributed by atoms with van der Waals surface area (Å²) in [6, 6.07) is 10.9. The van der Waals surface area contributed by atoms with Gasteiger partial charge in [0.2, 0.25) is 5.91 Å². The van der Waals surface area contributed by atoms with Crippen LogP contribution in [0, 0.1) is 17.6 Å². The van der Waals surface area contributed by atoms with E-state index >= 15 is 0 Å². The SMILES string of the molecule is O=C(CC1CCCNC1)N1N=C(c2cc(F)ccc2F)SC12CCOc1ccccc12. The summed E-state index contributed by atoms with van der Waals surface area (Å²) in [5.41, 5.74) is 0.903. The number of piperidine rings is 1. The summed E-state index contributed by atoms with van der Waals surface area (Å²) < 4.78 is 34.3. The van der Waals surface area contributed by atoms with Gasteiger partial charge in [0.05, 0.1) is 6.61 Å². The van der Waals surface area contributed by atoms with Gasteiger partial charge in [-0.05, 0) is 56.1 Å². The highest BCUT2D eigenvalue weighted by atomic mass is 32.2. The third-order valence-electron chi connectivity index (χ3n) is 6.06. The van der Waals surface area contributed by atoms with Gasteiger partial charge >= 0.3 is 0 Å². The van der Waals surface area contributed by atoms with E-state index in [-0.39, 0.29) is 17.4 Å². The van der Waals surface area contributed by atoms with E-state index in [0.717, 1.165) is 49.7 Å². The molecule has 0 bridgehead atoms.